The number of hydrogen-bond donors (Lipinski definition) is 0. The van der Waals surface area contributed by atoms with Crippen LogP contribution in [0.15, 0.2) is 84.9 Å². The Kier molecular flexibility index (Phi) is 16.4. The summed E-state index contributed by atoms with van der Waals surface area (Å²) in [5.74, 6) is 0.380. The van der Waals surface area contributed by atoms with Gasteiger partial charge in [0, 0.05) is 0 Å². The summed E-state index contributed by atoms with van der Waals surface area (Å²) in [6, 6.07) is 27.0. The Morgan fingerprint density at radius 3 is 1.70 bits per heavy atom. The van der Waals surface area contributed by atoms with E-state index in [9.17, 15) is 9.59 Å². The number of fused-ring (bicyclic) bond motifs is 1. The second kappa shape index (κ2) is 21.2. The number of rotatable bonds is 22. The van der Waals surface area contributed by atoms with Crippen LogP contribution in [-0.2, 0) is 9.53 Å². The van der Waals surface area contributed by atoms with Gasteiger partial charge in [0.1, 0.15) is 17.6 Å². The van der Waals surface area contributed by atoms with Crippen LogP contribution in [0.3, 0.4) is 0 Å². The van der Waals surface area contributed by atoms with E-state index in [0.717, 1.165) is 59.1 Å². The minimum Gasteiger partial charge on any atom is -0.494 e. The summed E-state index contributed by atoms with van der Waals surface area (Å²) in [5, 5.41) is 1.89. The molecule has 0 aromatic heterocycles. The Hall–Kier alpha value is -4.12. The monoisotopic (exact) mass is 678 g/mol. The third-order valence-electron chi connectivity index (χ3n) is 9.67. The molecule has 4 aromatic carbocycles. The molecule has 0 aliphatic heterocycles. The van der Waals surface area contributed by atoms with Crippen LogP contribution in [0.25, 0.3) is 21.9 Å². The van der Waals surface area contributed by atoms with E-state index in [0.29, 0.717) is 11.3 Å². The Morgan fingerprint density at radius 1 is 0.580 bits per heavy atom. The molecule has 1 atom stereocenters. The van der Waals surface area contributed by atoms with Crippen LogP contribution in [0.2, 0.25) is 0 Å². The van der Waals surface area contributed by atoms with Crippen molar-refractivity contribution in [2.24, 2.45) is 0 Å². The van der Waals surface area contributed by atoms with E-state index in [4.69, 9.17) is 14.2 Å². The molecular formula is C45H58O5. The van der Waals surface area contributed by atoms with E-state index in [1.807, 2.05) is 75.4 Å². The topological polar surface area (TPSA) is 61.8 Å². The maximum absolute atomic E-state index is 13.0. The Morgan fingerprint density at radius 2 is 1.10 bits per heavy atom. The van der Waals surface area contributed by atoms with Crippen LogP contribution in [0, 0.1) is 0 Å². The van der Waals surface area contributed by atoms with Crippen molar-refractivity contribution >= 4 is 22.7 Å². The molecule has 5 heteroatoms. The quantitative estimate of drug-likeness (QED) is 0.0470. The molecule has 0 saturated carbocycles. The molecule has 0 saturated heterocycles. The summed E-state index contributed by atoms with van der Waals surface area (Å²) in [6.07, 6.45) is 17.6. The molecule has 50 heavy (non-hydrogen) atoms. The average molecular weight is 679 g/mol. The minimum atomic E-state index is -0.410. The van der Waals surface area contributed by atoms with E-state index in [1.54, 1.807) is 18.2 Å². The summed E-state index contributed by atoms with van der Waals surface area (Å²) < 4.78 is 17.4. The highest BCUT2D eigenvalue weighted by molar-refractivity contribution is 5.93. The second-order valence-electron chi connectivity index (χ2n) is 13.6. The van der Waals surface area contributed by atoms with Gasteiger partial charge < -0.3 is 14.2 Å². The fourth-order valence-corrected chi connectivity index (χ4v) is 6.27. The van der Waals surface area contributed by atoms with Crippen molar-refractivity contribution in [3.8, 4) is 22.6 Å². The van der Waals surface area contributed by atoms with Crippen LogP contribution in [0.1, 0.15) is 139 Å². The summed E-state index contributed by atoms with van der Waals surface area (Å²) in [6.45, 7) is 8.95. The molecule has 0 spiro atoms. The van der Waals surface area contributed by atoms with Crippen LogP contribution in [0.4, 0.5) is 0 Å². The Balaban J connectivity index is 1.19. The highest BCUT2D eigenvalue weighted by atomic mass is 16.5. The standard InChI is InChI=1S/C45H58O5/c1-5-8-9-10-11-12-13-14-15-16-17-18-31-48-42-28-25-36(26-29-42)35-19-21-37(22-20-35)45(47)50-43-30-27-39-32-38(23-24-40(39)33-43)34(4)44(46)49-41(6-2)7-3/h19-30,32-34,41H,5-18,31H2,1-4H3/t34-/m0/s1. The van der Waals surface area contributed by atoms with Gasteiger partial charge in [0.15, 0.2) is 0 Å². The SMILES string of the molecule is CCCCCCCCCCCCCCOc1ccc(-c2ccc(C(=O)Oc3ccc4cc([C@H](C)C(=O)OC(CC)CC)ccc4c3)cc2)cc1. The predicted octanol–water partition coefficient (Wildman–Crippen LogP) is 12.6. The molecule has 4 aromatic rings. The van der Waals surface area contributed by atoms with Gasteiger partial charge in [-0.15, -0.1) is 0 Å². The molecule has 268 valence electrons. The fourth-order valence-electron chi connectivity index (χ4n) is 6.27. The van der Waals surface area contributed by atoms with Gasteiger partial charge in [-0.05, 0) is 90.0 Å². The van der Waals surface area contributed by atoms with Gasteiger partial charge in [0.2, 0.25) is 0 Å². The second-order valence-corrected chi connectivity index (χ2v) is 13.6. The third kappa shape index (κ3) is 12.3. The van der Waals surface area contributed by atoms with Gasteiger partial charge in [-0.25, -0.2) is 4.79 Å². The molecule has 0 aliphatic rings. The lowest BCUT2D eigenvalue weighted by Gasteiger charge is -2.18. The Bertz CT molecular complexity index is 1590. The number of carbonyl (C=O) groups is 2. The molecular weight excluding hydrogens is 620 g/mol. The van der Waals surface area contributed by atoms with Crippen molar-refractivity contribution in [2.45, 2.75) is 130 Å². The van der Waals surface area contributed by atoms with Crippen molar-refractivity contribution in [3.63, 3.8) is 0 Å². The summed E-state index contributed by atoms with van der Waals surface area (Å²) in [4.78, 5) is 25.6. The van der Waals surface area contributed by atoms with Crippen molar-refractivity contribution < 1.29 is 23.8 Å². The van der Waals surface area contributed by atoms with Crippen molar-refractivity contribution in [1.82, 2.24) is 0 Å². The van der Waals surface area contributed by atoms with E-state index in [2.05, 4.69) is 19.1 Å². The maximum atomic E-state index is 13.0. The normalized spacial score (nSPS) is 11.9. The minimum absolute atomic E-state index is 0.0518. The van der Waals surface area contributed by atoms with Crippen LogP contribution in [-0.4, -0.2) is 24.6 Å². The van der Waals surface area contributed by atoms with Crippen molar-refractivity contribution in [2.75, 3.05) is 6.61 Å². The van der Waals surface area contributed by atoms with Gasteiger partial charge in [0.05, 0.1) is 18.1 Å². The smallest absolute Gasteiger partial charge is 0.343 e. The Labute approximate surface area is 300 Å². The third-order valence-corrected chi connectivity index (χ3v) is 9.67. The zero-order valence-corrected chi connectivity index (χ0v) is 30.9. The molecule has 0 unspecified atom stereocenters. The first-order valence-electron chi connectivity index (χ1n) is 19.2. The van der Waals surface area contributed by atoms with E-state index >= 15 is 0 Å². The van der Waals surface area contributed by atoms with E-state index in [1.165, 1.54) is 70.6 Å². The van der Waals surface area contributed by atoms with Gasteiger partial charge in [-0.1, -0.05) is 140 Å². The van der Waals surface area contributed by atoms with Crippen molar-refractivity contribution in [3.05, 3.63) is 96.1 Å². The zero-order chi connectivity index (χ0) is 35.6. The van der Waals surface area contributed by atoms with Crippen LogP contribution >= 0.6 is 0 Å². The number of esters is 2. The molecule has 0 heterocycles. The highest BCUT2D eigenvalue weighted by Gasteiger charge is 2.20. The van der Waals surface area contributed by atoms with Gasteiger partial charge >= 0.3 is 11.9 Å². The molecule has 0 aliphatic carbocycles. The number of unbranched alkanes of at least 4 members (excludes halogenated alkanes) is 11. The first kappa shape index (κ1) is 38.7. The zero-order valence-electron chi connectivity index (χ0n) is 30.9. The van der Waals surface area contributed by atoms with Crippen LogP contribution in [0.5, 0.6) is 11.5 Å². The molecule has 0 radical (unpaired) electrons. The summed E-state index contributed by atoms with van der Waals surface area (Å²) in [5.41, 5.74) is 3.47. The van der Waals surface area contributed by atoms with E-state index < -0.39 is 5.97 Å². The average Bonchev–Trinajstić information content (AvgIpc) is 3.15. The molecule has 0 fully saturated rings. The largest absolute Gasteiger partial charge is 0.494 e. The van der Waals surface area contributed by atoms with E-state index in [-0.39, 0.29) is 18.0 Å². The molecule has 0 amide bonds. The first-order chi connectivity index (χ1) is 24.4. The van der Waals surface area contributed by atoms with Gasteiger partial charge in [-0.2, -0.15) is 0 Å². The molecule has 0 N–H and O–H groups in total. The number of ether oxygens (including phenoxy) is 3. The first-order valence-corrected chi connectivity index (χ1v) is 19.2. The molecule has 0 bridgehead atoms. The molecule has 4 rings (SSSR count). The van der Waals surface area contributed by atoms with Crippen LogP contribution < -0.4 is 9.47 Å². The predicted molar refractivity (Wildman–Crippen MR) is 206 cm³/mol. The van der Waals surface area contributed by atoms with Gasteiger partial charge in [-0.3, -0.25) is 4.79 Å². The lowest BCUT2D eigenvalue weighted by molar-refractivity contribution is -0.150. The number of hydrogen-bond acceptors (Lipinski definition) is 5. The summed E-state index contributed by atoms with van der Waals surface area (Å²) in [7, 11) is 0. The maximum Gasteiger partial charge on any atom is 0.343 e. The lowest BCUT2D eigenvalue weighted by atomic mass is 9.97. The molecule has 5 nitrogen and oxygen atoms in total. The number of carbonyl (C=O) groups excluding carboxylic acids is 2. The lowest BCUT2D eigenvalue weighted by Crippen LogP contribution is -2.20. The number of benzene rings is 4. The van der Waals surface area contributed by atoms with Gasteiger partial charge in [0.25, 0.3) is 0 Å². The summed E-state index contributed by atoms with van der Waals surface area (Å²) >= 11 is 0. The highest BCUT2D eigenvalue weighted by Crippen LogP contribution is 2.28. The fraction of sp³-hybridized carbons (Fsp3) is 0.467. The van der Waals surface area contributed by atoms with Crippen molar-refractivity contribution in [1.29, 1.82) is 0 Å².